The first-order chi connectivity index (χ1) is 10.3. The molecule has 0 saturated carbocycles. The molecule has 2 heterocycles. The lowest BCUT2D eigenvalue weighted by Gasteiger charge is -2.27. The van der Waals surface area contributed by atoms with Crippen molar-refractivity contribution >= 4 is 11.7 Å². The van der Waals surface area contributed by atoms with Gasteiger partial charge < -0.3 is 10.0 Å². The molecule has 118 valence electrons. The highest BCUT2D eigenvalue weighted by Crippen LogP contribution is 2.39. The minimum atomic E-state index is -0.682. The summed E-state index contributed by atoms with van der Waals surface area (Å²) in [5.74, 6) is -1.17. The Hall–Kier alpha value is -2.17. The number of pyridine rings is 1. The number of rotatable bonds is 4. The number of aliphatic hydroxyl groups excluding tert-OH is 1. The molecule has 22 heavy (non-hydrogen) atoms. The zero-order valence-electron chi connectivity index (χ0n) is 13.5. The monoisotopic (exact) mass is 302 g/mol. The molecule has 5 nitrogen and oxygen atoms in total. The van der Waals surface area contributed by atoms with Crippen molar-refractivity contribution in [2.45, 2.75) is 40.2 Å². The Morgan fingerprint density at radius 1 is 1.36 bits per heavy atom. The third-order valence-corrected chi connectivity index (χ3v) is 3.66. The Kier molecular flexibility index (Phi) is 4.35. The van der Waals surface area contributed by atoms with E-state index in [1.807, 2.05) is 13.0 Å². The summed E-state index contributed by atoms with van der Waals surface area (Å²) in [5.41, 5.74) is 0.0735. The maximum atomic E-state index is 12.7. The maximum absolute atomic E-state index is 12.7. The Bertz CT molecular complexity index is 615. The first-order valence-electron chi connectivity index (χ1n) is 7.48. The molecule has 1 aliphatic rings. The molecule has 0 aliphatic carbocycles. The second kappa shape index (κ2) is 5.91. The molecule has 1 aliphatic heterocycles. The van der Waals surface area contributed by atoms with Gasteiger partial charge in [-0.1, -0.05) is 33.8 Å². The minimum absolute atomic E-state index is 0.157. The Balaban J connectivity index is 2.56. The Morgan fingerprint density at radius 3 is 2.55 bits per heavy atom. The SMILES string of the molecule is CCCN1C(=O)C(O)=C(C(=O)C(C)(C)C)C1c1ccccn1. The van der Waals surface area contributed by atoms with Crippen LogP contribution in [-0.4, -0.2) is 33.2 Å². The van der Waals surface area contributed by atoms with Crippen LogP contribution < -0.4 is 0 Å². The van der Waals surface area contributed by atoms with Crippen LogP contribution in [0, 0.1) is 5.41 Å². The molecular formula is C17H22N2O3. The van der Waals surface area contributed by atoms with Crippen molar-refractivity contribution in [1.82, 2.24) is 9.88 Å². The van der Waals surface area contributed by atoms with Crippen LogP contribution in [0.2, 0.25) is 0 Å². The summed E-state index contributed by atoms with van der Waals surface area (Å²) in [6.45, 7) is 7.74. The van der Waals surface area contributed by atoms with Crippen LogP contribution in [0.15, 0.2) is 35.7 Å². The Morgan fingerprint density at radius 2 is 2.05 bits per heavy atom. The number of aliphatic hydroxyl groups is 1. The number of hydrogen-bond donors (Lipinski definition) is 1. The topological polar surface area (TPSA) is 70.5 Å². The molecule has 0 bridgehead atoms. The molecule has 1 amide bonds. The summed E-state index contributed by atoms with van der Waals surface area (Å²) in [6.07, 6.45) is 2.36. The van der Waals surface area contributed by atoms with Crippen molar-refractivity contribution in [1.29, 1.82) is 0 Å². The van der Waals surface area contributed by atoms with Crippen molar-refractivity contribution in [3.8, 4) is 0 Å². The van der Waals surface area contributed by atoms with Gasteiger partial charge in [-0.05, 0) is 18.6 Å². The maximum Gasteiger partial charge on any atom is 0.290 e. The van der Waals surface area contributed by atoms with Gasteiger partial charge in [0.2, 0.25) is 0 Å². The lowest BCUT2D eigenvalue weighted by atomic mass is 9.83. The molecule has 0 spiro atoms. The first-order valence-corrected chi connectivity index (χ1v) is 7.48. The van der Waals surface area contributed by atoms with Crippen LogP contribution >= 0.6 is 0 Å². The summed E-state index contributed by atoms with van der Waals surface area (Å²) in [4.78, 5) is 30.9. The van der Waals surface area contributed by atoms with E-state index in [-0.39, 0.29) is 11.4 Å². The van der Waals surface area contributed by atoms with Gasteiger partial charge in [-0.15, -0.1) is 0 Å². The summed E-state index contributed by atoms with van der Waals surface area (Å²) in [5, 5.41) is 10.3. The van der Waals surface area contributed by atoms with Crippen LogP contribution in [0.5, 0.6) is 0 Å². The van der Waals surface area contributed by atoms with E-state index in [1.165, 1.54) is 4.90 Å². The predicted molar refractivity (Wildman–Crippen MR) is 83.1 cm³/mol. The second-order valence-electron chi connectivity index (χ2n) is 6.50. The van der Waals surface area contributed by atoms with Gasteiger partial charge in [0.25, 0.3) is 5.91 Å². The van der Waals surface area contributed by atoms with E-state index in [4.69, 9.17) is 0 Å². The average Bonchev–Trinajstić information content (AvgIpc) is 2.71. The van der Waals surface area contributed by atoms with Crippen molar-refractivity contribution in [2.75, 3.05) is 6.54 Å². The molecule has 0 aromatic carbocycles. The van der Waals surface area contributed by atoms with Crippen molar-refractivity contribution in [3.05, 3.63) is 41.4 Å². The number of nitrogens with zero attached hydrogens (tertiary/aromatic N) is 2. The van der Waals surface area contributed by atoms with E-state index in [2.05, 4.69) is 4.98 Å². The standard InChI is InChI=1S/C17H22N2O3/c1-5-10-19-13(11-8-6-7-9-18-11)12(14(20)16(19)22)15(21)17(2,3)4/h6-9,13,20H,5,10H2,1-4H3. The van der Waals surface area contributed by atoms with Gasteiger partial charge in [-0.3, -0.25) is 14.6 Å². The molecule has 1 unspecified atom stereocenters. The first kappa shape index (κ1) is 16.2. The van der Waals surface area contributed by atoms with Gasteiger partial charge in [0.15, 0.2) is 11.5 Å². The zero-order valence-corrected chi connectivity index (χ0v) is 13.5. The lowest BCUT2D eigenvalue weighted by molar-refractivity contribution is -0.129. The zero-order chi connectivity index (χ0) is 16.5. The van der Waals surface area contributed by atoms with Crippen LogP contribution in [0.4, 0.5) is 0 Å². The van der Waals surface area contributed by atoms with Crippen molar-refractivity contribution < 1.29 is 14.7 Å². The molecule has 1 N–H and O–H groups in total. The van der Waals surface area contributed by atoms with Gasteiger partial charge in [-0.2, -0.15) is 0 Å². The van der Waals surface area contributed by atoms with Gasteiger partial charge in [0, 0.05) is 18.2 Å². The summed E-state index contributed by atoms with van der Waals surface area (Å²) in [7, 11) is 0. The molecule has 1 aromatic rings. The summed E-state index contributed by atoms with van der Waals surface area (Å²) < 4.78 is 0. The van der Waals surface area contributed by atoms with Crippen molar-refractivity contribution in [3.63, 3.8) is 0 Å². The van der Waals surface area contributed by atoms with E-state index in [0.717, 1.165) is 6.42 Å². The largest absolute Gasteiger partial charge is 0.503 e. The Labute approximate surface area is 130 Å². The summed E-state index contributed by atoms with van der Waals surface area (Å²) >= 11 is 0. The number of hydrogen-bond acceptors (Lipinski definition) is 4. The number of ketones is 1. The molecule has 0 saturated heterocycles. The highest BCUT2D eigenvalue weighted by molar-refractivity contribution is 6.10. The quantitative estimate of drug-likeness (QED) is 0.928. The molecule has 0 radical (unpaired) electrons. The number of Topliss-reactive ketones (excluding diaryl/α,β-unsaturated/α-hetero) is 1. The summed E-state index contributed by atoms with van der Waals surface area (Å²) in [6, 6.07) is 4.75. The van der Waals surface area contributed by atoms with E-state index in [9.17, 15) is 14.7 Å². The highest BCUT2D eigenvalue weighted by atomic mass is 16.3. The fraction of sp³-hybridized carbons (Fsp3) is 0.471. The fourth-order valence-electron chi connectivity index (χ4n) is 2.61. The normalized spacial score (nSPS) is 19.0. The average molecular weight is 302 g/mol. The van der Waals surface area contributed by atoms with E-state index in [0.29, 0.717) is 12.2 Å². The van der Waals surface area contributed by atoms with Gasteiger partial charge in [0.1, 0.15) is 6.04 Å². The molecule has 5 heteroatoms. The minimum Gasteiger partial charge on any atom is -0.503 e. The van der Waals surface area contributed by atoms with Crippen LogP contribution in [0.3, 0.4) is 0 Å². The van der Waals surface area contributed by atoms with Gasteiger partial charge in [-0.25, -0.2) is 0 Å². The van der Waals surface area contributed by atoms with Crippen LogP contribution in [0.1, 0.15) is 45.9 Å². The van der Waals surface area contributed by atoms with Crippen LogP contribution in [0.25, 0.3) is 0 Å². The van der Waals surface area contributed by atoms with Gasteiger partial charge in [0.05, 0.1) is 11.3 Å². The highest BCUT2D eigenvalue weighted by Gasteiger charge is 2.46. The molecule has 0 fully saturated rings. The smallest absolute Gasteiger partial charge is 0.290 e. The third-order valence-electron chi connectivity index (χ3n) is 3.66. The molecular weight excluding hydrogens is 280 g/mol. The lowest BCUT2D eigenvalue weighted by Crippen LogP contribution is -2.33. The van der Waals surface area contributed by atoms with E-state index < -0.39 is 23.1 Å². The second-order valence-corrected chi connectivity index (χ2v) is 6.50. The molecule has 1 aromatic heterocycles. The van der Waals surface area contributed by atoms with E-state index in [1.54, 1.807) is 39.1 Å². The number of aromatic nitrogens is 1. The number of carbonyl (C=O) groups excluding carboxylic acids is 2. The third kappa shape index (κ3) is 2.75. The number of amides is 1. The van der Waals surface area contributed by atoms with Crippen LogP contribution in [-0.2, 0) is 9.59 Å². The van der Waals surface area contributed by atoms with E-state index >= 15 is 0 Å². The molecule has 1 atom stereocenters. The fourth-order valence-corrected chi connectivity index (χ4v) is 2.61. The molecule has 2 rings (SSSR count). The number of carbonyl (C=O) groups is 2. The van der Waals surface area contributed by atoms with Gasteiger partial charge >= 0.3 is 0 Å². The predicted octanol–water partition coefficient (Wildman–Crippen LogP) is 2.80. The van der Waals surface area contributed by atoms with Crippen molar-refractivity contribution in [2.24, 2.45) is 5.41 Å².